The fraction of sp³-hybridized carbons (Fsp3) is 0.875. The highest BCUT2D eigenvalue weighted by atomic mass is 16.5. The van der Waals surface area contributed by atoms with Crippen molar-refractivity contribution in [3.8, 4) is 0 Å². The first-order valence-electron chi connectivity index (χ1n) is 8.41. The van der Waals surface area contributed by atoms with Crippen molar-refractivity contribution in [3.05, 3.63) is 11.7 Å². The minimum absolute atomic E-state index is 0.0184. The topological polar surface area (TPSA) is 51.4 Å². The third-order valence-corrected chi connectivity index (χ3v) is 4.74. The number of aromatic nitrogens is 2. The van der Waals surface area contributed by atoms with Crippen molar-refractivity contribution < 1.29 is 9.26 Å². The molecular formula is C16H27N3O2. The van der Waals surface area contributed by atoms with E-state index in [-0.39, 0.29) is 6.10 Å². The summed E-state index contributed by atoms with van der Waals surface area (Å²) in [6, 6.07) is 0. The Balaban J connectivity index is 1.41. The van der Waals surface area contributed by atoms with Crippen LogP contribution in [0.5, 0.6) is 0 Å². The summed E-state index contributed by atoms with van der Waals surface area (Å²) in [7, 11) is 0. The number of piperidine rings is 1. The zero-order valence-electron chi connectivity index (χ0n) is 13.3. The van der Waals surface area contributed by atoms with Crippen molar-refractivity contribution in [2.75, 3.05) is 19.6 Å². The Hall–Kier alpha value is -0.940. The van der Waals surface area contributed by atoms with E-state index in [1.165, 1.54) is 25.9 Å². The molecule has 21 heavy (non-hydrogen) atoms. The molecule has 0 bridgehead atoms. The van der Waals surface area contributed by atoms with Gasteiger partial charge in [-0.25, -0.2) is 0 Å². The van der Waals surface area contributed by atoms with Crippen molar-refractivity contribution in [2.45, 2.75) is 64.6 Å². The Labute approximate surface area is 127 Å². The molecule has 1 aromatic rings. The first-order chi connectivity index (χ1) is 10.2. The van der Waals surface area contributed by atoms with Crippen LogP contribution < -0.4 is 0 Å². The van der Waals surface area contributed by atoms with E-state index in [1.807, 2.05) is 0 Å². The normalized spacial score (nSPS) is 28.3. The Morgan fingerprint density at radius 1 is 1.14 bits per heavy atom. The molecule has 5 nitrogen and oxygen atoms in total. The molecule has 0 aliphatic carbocycles. The molecule has 0 radical (unpaired) electrons. The Kier molecular flexibility index (Phi) is 4.91. The van der Waals surface area contributed by atoms with Gasteiger partial charge >= 0.3 is 0 Å². The second-order valence-corrected chi connectivity index (χ2v) is 6.69. The SMILES string of the molecule is CC1CCN(CCCc2noc([C@H]3CC[C@@H](C)O3)n2)CC1. The molecular weight excluding hydrogens is 266 g/mol. The van der Waals surface area contributed by atoms with E-state index >= 15 is 0 Å². The second-order valence-electron chi connectivity index (χ2n) is 6.69. The molecule has 1 aromatic heterocycles. The van der Waals surface area contributed by atoms with Crippen LogP contribution in [-0.2, 0) is 11.2 Å². The minimum atomic E-state index is 0.0184. The minimum Gasteiger partial charge on any atom is -0.365 e. The largest absolute Gasteiger partial charge is 0.365 e. The zero-order valence-corrected chi connectivity index (χ0v) is 13.3. The van der Waals surface area contributed by atoms with Crippen LogP contribution >= 0.6 is 0 Å². The van der Waals surface area contributed by atoms with Crippen LogP contribution in [0.1, 0.15) is 63.8 Å². The van der Waals surface area contributed by atoms with Crippen LogP contribution in [0.3, 0.4) is 0 Å². The van der Waals surface area contributed by atoms with Crippen molar-refractivity contribution in [2.24, 2.45) is 5.92 Å². The van der Waals surface area contributed by atoms with Gasteiger partial charge in [0.25, 0.3) is 5.89 Å². The molecule has 0 amide bonds. The quantitative estimate of drug-likeness (QED) is 0.835. The Morgan fingerprint density at radius 2 is 1.95 bits per heavy atom. The van der Waals surface area contributed by atoms with E-state index in [0.717, 1.165) is 44.0 Å². The van der Waals surface area contributed by atoms with Gasteiger partial charge in [-0.1, -0.05) is 12.1 Å². The van der Waals surface area contributed by atoms with Crippen LogP contribution in [-0.4, -0.2) is 40.8 Å². The third kappa shape index (κ3) is 4.04. The predicted molar refractivity (Wildman–Crippen MR) is 80.0 cm³/mol. The number of hydrogen-bond donors (Lipinski definition) is 0. The van der Waals surface area contributed by atoms with Gasteiger partial charge in [0.1, 0.15) is 6.10 Å². The Morgan fingerprint density at radius 3 is 2.67 bits per heavy atom. The van der Waals surface area contributed by atoms with E-state index in [2.05, 4.69) is 28.9 Å². The highest BCUT2D eigenvalue weighted by molar-refractivity contribution is 4.93. The van der Waals surface area contributed by atoms with Crippen molar-refractivity contribution >= 4 is 0 Å². The van der Waals surface area contributed by atoms with E-state index in [9.17, 15) is 0 Å². The number of ether oxygens (including phenoxy) is 1. The molecule has 2 aliphatic heterocycles. The summed E-state index contributed by atoms with van der Waals surface area (Å²) in [4.78, 5) is 7.06. The van der Waals surface area contributed by atoms with Crippen LogP contribution in [0.15, 0.2) is 4.52 Å². The maximum absolute atomic E-state index is 5.77. The molecule has 2 atom stereocenters. The van der Waals surface area contributed by atoms with Gasteiger partial charge in [0.05, 0.1) is 6.10 Å². The lowest BCUT2D eigenvalue weighted by atomic mass is 9.99. The molecule has 5 heteroatoms. The molecule has 3 heterocycles. The molecule has 0 saturated carbocycles. The van der Waals surface area contributed by atoms with Gasteiger partial charge in [-0.2, -0.15) is 4.98 Å². The summed E-state index contributed by atoms with van der Waals surface area (Å²) < 4.78 is 11.1. The summed E-state index contributed by atoms with van der Waals surface area (Å²) in [6.07, 6.45) is 7.08. The highest BCUT2D eigenvalue weighted by Crippen LogP contribution is 2.31. The fourth-order valence-electron chi connectivity index (χ4n) is 3.23. The molecule has 0 N–H and O–H groups in total. The fourth-order valence-corrected chi connectivity index (χ4v) is 3.23. The molecule has 0 unspecified atom stereocenters. The maximum atomic E-state index is 5.77. The van der Waals surface area contributed by atoms with Crippen molar-refractivity contribution in [1.29, 1.82) is 0 Å². The summed E-state index contributed by atoms with van der Waals surface area (Å²) in [5.74, 6) is 2.40. The number of rotatable bonds is 5. The number of nitrogens with zero attached hydrogens (tertiary/aromatic N) is 3. The van der Waals surface area contributed by atoms with E-state index in [1.54, 1.807) is 0 Å². The monoisotopic (exact) mass is 293 g/mol. The van der Waals surface area contributed by atoms with Gasteiger partial charge in [0, 0.05) is 6.42 Å². The van der Waals surface area contributed by atoms with Crippen LogP contribution in [0.25, 0.3) is 0 Å². The standard InChI is InChI=1S/C16H27N3O2/c1-12-7-10-19(11-8-12)9-3-4-15-17-16(21-18-15)14-6-5-13(2)20-14/h12-14H,3-11H2,1-2H3/t13-,14-/m1/s1. The van der Waals surface area contributed by atoms with Crippen molar-refractivity contribution in [3.63, 3.8) is 0 Å². The first-order valence-corrected chi connectivity index (χ1v) is 8.41. The first kappa shape index (κ1) is 15.0. The summed E-state index contributed by atoms with van der Waals surface area (Å²) in [5.41, 5.74) is 0. The van der Waals surface area contributed by atoms with Gasteiger partial charge in [-0.15, -0.1) is 0 Å². The lowest BCUT2D eigenvalue weighted by Gasteiger charge is -2.29. The average Bonchev–Trinajstić information content (AvgIpc) is 3.10. The molecule has 118 valence electrons. The third-order valence-electron chi connectivity index (χ3n) is 4.74. The predicted octanol–water partition coefficient (Wildman–Crippen LogP) is 2.97. The summed E-state index contributed by atoms with van der Waals surface area (Å²) >= 11 is 0. The van der Waals surface area contributed by atoms with Gasteiger partial charge in [0.2, 0.25) is 0 Å². The average molecular weight is 293 g/mol. The molecule has 2 aliphatic rings. The van der Waals surface area contributed by atoms with Crippen LogP contribution in [0.2, 0.25) is 0 Å². The van der Waals surface area contributed by atoms with Crippen LogP contribution in [0.4, 0.5) is 0 Å². The number of likely N-dealkylation sites (tertiary alicyclic amines) is 1. The van der Waals surface area contributed by atoms with Gasteiger partial charge in [-0.05, 0) is 64.6 Å². The van der Waals surface area contributed by atoms with Gasteiger partial charge in [0.15, 0.2) is 5.82 Å². The van der Waals surface area contributed by atoms with Gasteiger partial charge < -0.3 is 14.2 Å². The summed E-state index contributed by atoms with van der Waals surface area (Å²) in [5, 5.41) is 4.10. The Bertz CT molecular complexity index is 440. The smallest absolute Gasteiger partial charge is 0.255 e. The molecule has 2 saturated heterocycles. The van der Waals surface area contributed by atoms with Crippen LogP contribution in [0, 0.1) is 5.92 Å². The molecule has 0 spiro atoms. The second kappa shape index (κ2) is 6.88. The lowest BCUT2D eigenvalue weighted by molar-refractivity contribution is 0.0355. The van der Waals surface area contributed by atoms with E-state index in [0.29, 0.717) is 12.0 Å². The summed E-state index contributed by atoms with van der Waals surface area (Å²) in [6.45, 7) is 8.08. The van der Waals surface area contributed by atoms with Gasteiger partial charge in [-0.3, -0.25) is 0 Å². The highest BCUT2D eigenvalue weighted by Gasteiger charge is 2.28. The number of hydrogen-bond acceptors (Lipinski definition) is 5. The number of aryl methyl sites for hydroxylation is 1. The lowest BCUT2D eigenvalue weighted by Crippen LogP contribution is -2.33. The van der Waals surface area contributed by atoms with E-state index < -0.39 is 0 Å². The van der Waals surface area contributed by atoms with Crippen molar-refractivity contribution in [1.82, 2.24) is 15.0 Å². The molecule has 0 aromatic carbocycles. The maximum Gasteiger partial charge on any atom is 0.255 e. The zero-order chi connectivity index (χ0) is 14.7. The molecule has 3 rings (SSSR count). The molecule has 2 fully saturated rings. The van der Waals surface area contributed by atoms with E-state index in [4.69, 9.17) is 9.26 Å².